The normalized spacial score (nSPS) is 20.7. The molecule has 0 radical (unpaired) electrons. The smallest absolute Gasteiger partial charge is 0.254 e. The highest BCUT2D eigenvalue weighted by Crippen LogP contribution is 2.22. The van der Waals surface area contributed by atoms with Crippen LogP contribution < -0.4 is 0 Å². The number of benzene rings is 1. The number of hydrogen-bond donors (Lipinski definition) is 0. The van der Waals surface area contributed by atoms with Crippen molar-refractivity contribution in [1.82, 2.24) is 4.90 Å². The molecule has 1 aromatic rings. The number of rotatable bonds is 4. The van der Waals surface area contributed by atoms with Crippen LogP contribution in [0.2, 0.25) is 0 Å². The Morgan fingerprint density at radius 1 is 1.43 bits per heavy atom. The van der Waals surface area contributed by atoms with Crippen molar-refractivity contribution >= 4 is 31.7 Å². The standard InChI is InChI=1S/C15H20BrNO3S/c1-11(2)9-17(14-6-7-21(19,20)10-14)15(18)12-4-3-5-13(16)8-12/h3-5,8,11,14H,6-7,9-10H2,1-2H3/t14-/m1/s1. The molecular weight excluding hydrogens is 354 g/mol. The number of halogens is 1. The number of carbonyl (C=O) groups is 1. The van der Waals surface area contributed by atoms with E-state index >= 15 is 0 Å². The first kappa shape index (κ1) is 16.5. The van der Waals surface area contributed by atoms with E-state index in [2.05, 4.69) is 15.9 Å². The summed E-state index contributed by atoms with van der Waals surface area (Å²) in [5.74, 6) is 0.466. The summed E-state index contributed by atoms with van der Waals surface area (Å²) in [4.78, 5) is 14.5. The van der Waals surface area contributed by atoms with Crippen LogP contribution in [0.15, 0.2) is 28.7 Å². The average molecular weight is 374 g/mol. The van der Waals surface area contributed by atoms with E-state index in [1.165, 1.54) is 0 Å². The lowest BCUT2D eigenvalue weighted by atomic mass is 10.1. The van der Waals surface area contributed by atoms with Gasteiger partial charge in [0.2, 0.25) is 0 Å². The van der Waals surface area contributed by atoms with Crippen molar-refractivity contribution in [1.29, 1.82) is 0 Å². The van der Waals surface area contributed by atoms with Gasteiger partial charge in [-0.25, -0.2) is 8.42 Å². The zero-order valence-corrected chi connectivity index (χ0v) is 14.7. The third-order valence-corrected chi connectivity index (χ3v) is 5.79. The second kappa shape index (κ2) is 6.48. The molecule has 1 fully saturated rings. The molecule has 0 spiro atoms. The molecule has 116 valence electrons. The molecule has 0 bridgehead atoms. The number of amides is 1. The number of carbonyl (C=O) groups excluding carboxylic acids is 1. The Labute approximate surface area is 134 Å². The third-order valence-electron chi connectivity index (χ3n) is 3.54. The fourth-order valence-electron chi connectivity index (χ4n) is 2.60. The minimum absolute atomic E-state index is 0.0828. The van der Waals surface area contributed by atoms with Crippen LogP contribution in [-0.4, -0.2) is 43.3 Å². The Kier molecular flexibility index (Phi) is 5.09. The van der Waals surface area contributed by atoms with Gasteiger partial charge in [-0.15, -0.1) is 0 Å². The summed E-state index contributed by atoms with van der Waals surface area (Å²) in [6.07, 6.45) is 0.537. The van der Waals surface area contributed by atoms with Gasteiger partial charge in [-0.2, -0.15) is 0 Å². The van der Waals surface area contributed by atoms with Crippen molar-refractivity contribution in [2.75, 3.05) is 18.1 Å². The summed E-state index contributed by atoms with van der Waals surface area (Å²) in [6, 6.07) is 7.02. The summed E-state index contributed by atoms with van der Waals surface area (Å²) in [6.45, 7) is 4.64. The van der Waals surface area contributed by atoms with Crippen LogP contribution in [0.3, 0.4) is 0 Å². The summed E-state index contributed by atoms with van der Waals surface area (Å²) in [5, 5.41) is 0. The van der Waals surface area contributed by atoms with E-state index in [-0.39, 0.29) is 23.5 Å². The van der Waals surface area contributed by atoms with Crippen LogP contribution in [0.4, 0.5) is 0 Å². The molecule has 0 N–H and O–H groups in total. The lowest BCUT2D eigenvalue weighted by Gasteiger charge is -2.30. The molecule has 2 rings (SSSR count). The Morgan fingerprint density at radius 3 is 2.67 bits per heavy atom. The monoisotopic (exact) mass is 373 g/mol. The van der Waals surface area contributed by atoms with Gasteiger partial charge in [-0.05, 0) is 30.5 Å². The van der Waals surface area contributed by atoms with Crippen molar-refractivity contribution in [2.24, 2.45) is 5.92 Å². The van der Waals surface area contributed by atoms with Crippen LogP contribution in [0.5, 0.6) is 0 Å². The van der Waals surface area contributed by atoms with Gasteiger partial charge in [0.25, 0.3) is 5.91 Å². The molecule has 1 aliphatic rings. The van der Waals surface area contributed by atoms with Crippen molar-refractivity contribution < 1.29 is 13.2 Å². The summed E-state index contributed by atoms with van der Waals surface area (Å²) in [5.41, 5.74) is 0.592. The lowest BCUT2D eigenvalue weighted by Crippen LogP contribution is -2.43. The first-order valence-corrected chi connectivity index (χ1v) is 9.67. The Bertz CT molecular complexity index is 628. The van der Waals surface area contributed by atoms with Gasteiger partial charge in [-0.3, -0.25) is 4.79 Å². The molecule has 0 aromatic heterocycles. The van der Waals surface area contributed by atoms with Crippen molar-refractivity contribution in [3.8, 4) is 0 Å². The number of nitrogens with zero attached hydrogens (tertiary/aromatic N) is 1. The maximum Gasteiger partial charge on any atom is 0.254 e. The second-order valence-corrected chi connectivity index (χ2v) is 9.06. The molecule has 21 heavy (non-hydrogen) atoms. The van der Waals surface area contributed by atoms with Crippen LogP contribution in [0, 0.1) is 5.92 Å². The first-order chi connectivity index (χ1) is 9.78. The van der Waals surface area contributed by atoms with E-state index in [0.717, 1.165) is 4.47 Å². The number of sulfone groups is 1. The van der Waals surface area contributed by atoms with Gasteiger partial charge in [0.05, 0.1) is 11.5 Å². The highest BCUT2D eigenvalue weighted by Gasteiger charge is 2.35. The fraction of sp³-hybridized carbons (Fsp3) is 0.533. The largest absolute Gasteiger partial charge is 0.334 e. The van der Waals surface area contributed by atoms with Crippen LogP contribution in [0.1, 0.15) is 30.6 Å². The molecule has 4 nitrogen and oxygen atoms in total. The quantitative estimate of drug-likeness (QED) is 0.815. The topological polar surface area (TPSA) is 54.5 Å². The van der Waals surface area contributed by atoms with Gasteiger partial charge < -0.3 is 4.90 Å². The fourth-order valence-corrected chi connectivity index (χ4v) is 4.73. The van der Waals surface area contributed by atoms with Gasteiger partial charge in [0.15, 0.2) is 9.84 Å². The molecule has 0 unspecified atom stereocenters. The summed E-state index contributed by atoms with van der Waals surface area (Å²) >= 11 is 3.37. The van der Waals surface area contributed by atoms with Crippen molar-refractivity contribution in [2.45, 2.75) is 26.3 Å². The molecule has 1 heterocycles. The SMILES string of the molecule is CC(C)CN(C(=O)c1cccc(Br)c1)[C@@H]1CCS(=O)(=O)C1. The molecule has 6 heteroatoms. The molecule has 1 saturated heterocycles. The number of hydrogen-bond acceptors (Lipinski definition) is 3. The zero-order valence-electron chi connectivity index (χ0n) is 12.3. The van der Waals surface area contributed by atoms with Crippen molar-refractivity contribution in [3.05, 3.63) is 34.3 Å². The molecule has 1 amide bonds. The predicted molar refractivity (Wildman–Crippen MR) is 87.1 cm³/mol. The Morgan fingerprint density at radius 2 is 2.14 bits per heavy atom. The molecule has 1 aromatic carbocycles. The van der Waals surface area contributed by atoms with E-state index in [9.17, 15) is 13.2 Å². The van der Waals surface area contributed by atoms with Gasteiger partial charge in [0.1, 0.15) is 0 Å². The molecule has 1 aliphatic heterocycles. The third kappa shape index (κ3) is 4.30. The highest BCUT2D eigenvalue weighted by molar-refractivity contribution is 9.10. The van der Waals surface area contributed by atoms with E-state index in [4.69, 9.17) is 0 Å². The van der Waals surface area contributed by atoms with Crippen LogP contribution in [-0.2, 0) is 9.84 Å². The average Bonchev–Trinajstić information content (AvgIpc) is 2.75. The molecular formula is C15H20BrNO3S. The summed E-state index contributed by atoms with van der Waals surface area (Å²) < 4.78 is 24.2. The zero-order chi connectivity index (χ0) is 15.6. The van der Waals surface area contributed by atoms with Crippen LogP contribution in [0.25, 0.3) is 0 Å². The maximum absolute atomic E-state index is 12.7. The van der Waals surface area contributed by atoms with Gasteiger partial charge in [-0.1, -0.05) is 35.8 Å². The Balaban J connectivity index is 2.26. The maximum atomic E-state index is 12.7. The predicted octanol–water partition coefficient (Wildman–Crippen LogP) is 2.73. The van der Waals surface area contributed by atoms with E-state index in [1.807, 2.05) is 26.0 Å². The van der Waals surface area contributed by atoms with Crippen LogP contribution >= 0.6 is 15.9 Å². The van der Waals surface area contributed by atoms with Gasteiger partial charge in [0, 0.05) is 22.6 Å². The summed E-state index contributed by atoms with van der Waals surface area (Å²) in [7, 11) is -3.00. The van der Waals surface area contributed by atoms with Crippen molar-refractivity contribution in [3.63, 3.8) is 0 Å². The first-order valence-electron chi connectivity index (χ1n) is 7.05. The van der Waals surface area contributed by atoms with E-state index in [0.29, 0.717) is 24.4 Å². The Hall–Kier alpha value is -0.880. The molecule has 1 atom stereocenters. The lowest BCUT2D eigenvalue weighted by molar-refractivity contribution is 0.0672. The highest BCUT2D eigenvalue weighted by atomic mass is 79.9. The van der Waals surface area contributed by atoms with E-state index < -0.39 is 9.84 Å². The molecule has 0 aliphatic carbocycles. The molecule has 0 saturated carbocycles. The second-order valence-electron chi connectivity index (χ2n) is 5.92. The van der Waals surface area contributed by atoms with Gasteiger partial charge >= 0.3 is 0 Å². The van der Waals surface area contributed by atoms with E-state index in [1.54, 1.807) is 17.0 Å². The minimum atomic E-state index is -3.00. The minimum Gasteiger partial charge on any atom is -0.334 e.